The van der Waals surface area contributed by atoms with Crippen LogP contribution in [0.3, 0.4) is 0 Å². The average molecular weight is 415 g/mol. The molecule has 3 heteroatoms. The van der Waals surface area contributed by atoms with Gasteiger partial charge in [-0.3, -0.25) is 0 Å². The number of alkyl halides is 1. The van der Waals surface area contributed by atoms with Gasteiger partial charge in [-0.05, 0) is 48.6 Å². The molecule has 0 bridgehead atoms. The lowest BCUT2D eigenvalue weighted by molar-refractivity contribution is 0.660. The maximum absolute atomic E-state index is 6.87. The van der Waals surface area contributed by atoms with Crippen LogP contribution in [0.1, 0.15) is 34.9 Å². The Balaban J connectivity index is 2.01. The van der Waals surface area contributed by atoms with E-state index in [4.69, 9.17) is 11.6 Å². The van der Waals surface area contributed by atoms with Crippen molar-refractivity contribution in [3.05, 3.63) is 68.1 Å². The smallest absolute Gasteiger partial charge is 0.0693 e. The van der Waals surface area contributed by atoms with Gasteiger partial charge in [-0.2, -0.15) is 0 Å². The maximum Gasteiger partial charge on any atom is 0.0693 e. The molecule has 0 nitrogen and oxygen atoms in total. The summed E-state index contributed by atoms with van der Waals surface area (Å²) in [6, 6.07) is 14.9. The lowest BCUT2D eigenvalue weighted by Crippen LogP contribution is -2.14. The molecule has 3 rings (SSSR count). The van der Waals surface area contributed by atoms with Crippen LogP contribution in [0.15, 0.2) is 51.4 Å². The van der Waals surface area contributed by atoms with Crippen molar-refractivity contribution in [1.82, 2.24) is 0 Å². The molecule has 2 aromatic carbocycles. The van der Waals surface area contributed by atoms with E-state index in [1.54, 1.807) is 0 Å². The molecule has 1 fully saturated rings. The average Bonchev–Trinajstić information content (AvgIpc) is 3.25. The molecule has 0 aliphatic heterocycles. The number of hydrogen-bond acceptors (Lipinski definition) is 0. The Bertz CT molecular complexity index is 633. The van der Waals surface area contributed by atoms with Crippen molar-refractivity contribution in [2.45, 2.75) is 30.6 Å². The molecule has 0 radical (unpaired) electrons. The van der Waals surface area contributed by atoms with E-state index in [0.29, 0.717) is 0 Å². The Hall–Kier alpha value is -0.310. The van der Waals surface area contributed by atoms with Crippen molar-refractivity contribution in [3.63, 3.8) is 0 Å². The minimum atomic E-state index is -0.00354. The van der Waals surface area contributed by atoms with E-state index in [9.17, 15) is 0 Å². The van der Waals surface area contributed by atoms with E-state index < -0.39 is 0 Å². The van der Waals surface area contributed by atoms with E-state index in [0.717, 1.165) is 21.8 Å². The second-order valence-electron chi connectivity index (χ2n) is 5.51. The van der Waals surface area contributed by atoms with Crippen LogP contribution in [0.2, 0.25) is 0 Å². The molecule has 0 N–H and O–H groups in total. The summed E-state index contributed by atoms with van der Waals surface area (Å²) in [6.07, 6.45) is 2.31. The minimum Gasteiger partial charge on any atom is -0.117 e. The summed E-state index contributed by atoms with van der Waals surface area (Å²) in [5.74, 6) is 0. The highest BCUT2D eigenvalue weighted by atomic mass is 79.9. The van der Waals surface area contributed by atoms with E-state index in [1.807, 2.05) is 0 Å². The summed E-state index contributed by atoms with van der Waals surface area (Å²) >= 11 is 14.2. The van der Waals surface area contributed by atoms with Gasteiger partial charge in [0.05, 0.1) is 5.38 Å². The first kappa shape index (κ1) is 14.6. The molecule has 1 aliphatic carbocycles. The van der Waals surface area contributed by atoms with Gasteiger partial charge in [-0.15, -0.1) is 11.6 Å². The van der Waals surface area contributed by atoms with Crippen molar-refractivity contribution in [1.29, 1.82) is 0 Å². The molecule has 1 aliphatic rings. The van der Waals surface area contributed by atoms with Crippen molar-refractivity contribution in [2.75, 3.05) is 0 Å². The zero-order valence-corrected chi connectivity index (χ0v) is 15.1. The standard InChI is InChI=1S/C17H15Br2Cl/c1-11-9-15(19)13(10-14(11)18)16(20)17(7-8-17)12-5-3-2-4-6-12/h2-6,9-10,16H,7-8H2,1H3. The molecule has 20 heavy (non-hydrogen) atoms. The molecule has 0 aromatic heterocycles. The molecule has 0 heterocycles. The van der Waals surface area contributed by atoms with E-state index in [2.05, 4.69) is 81.2 Å². The first-order valence-corrected chi connectivity index (χ1v) is 8.72. The molecular weight excluding hydrogens is 399 g/mol. The van der Waals surface area contributed by atoms with Gasteiger partial charge in [0.1, 0.15) is 0 Å². The van der Waals surface area contributed by atoms with Crippen LogP contribution < -0.4 is 0 Å². The van der Waals surface area contributed by atoms with Crippen LogP contribution >= 0.6 is 43.5 Å². The van der Waals surface area contributed by atoms with Crippen molar-refractivity contribution >= 4 is 43.5 Å². The summed E-state index contributed by atoms with van der Waals surface area (Å²) in [5.41, 5.74) is 3.84. The number of aryl methyl sites for hydroxylation is 1. The lowest BCUT2D eigenvalue weighted by Gasteiger charge is -2.24. The van der Waals surface area contributed by atoms with Crippen LogP contribution in [0, 0.1) is 6.92 Å². The fraction of sp³-hybridized carbons (Fsp3) is 0.294. The first-order chi connectivity index (χ1) is 9.54. The topological polar surface area (TPSA) is 0 Å². The Kier molecular flexibility index (Phi) is 4.00. The highest BCUT2D eigenvalue weighted by Crippen LogP contribution is 2.60. The first-order valence-electron chi connectivity index (χ1n) is 6.70. The molecular formula is C17H15Br2Cl. The maximum atomic E-state index is 6.87. The molecule has 0 saturated heterocycles. The van der Waals surface area contributed by atoms with Crippen molar-refractivity contribution in [3.8, 4) is 0 Å². The largest absolute Gasteiger partial charge is 0.117 e. The van der Waals surface area contributed by atoms with Gasteiger partial charge in [0.2, 0.25) is 0 Å². The predicted octanol–water partition coefficient (Wildman–Crippen LogP) is 6.53. The Labute approximate surface area is 141 Å². The number of halogens is 3. The van der Waals surface area contributed by atoms with Crippen LogP contribution in [-0.2, 0) is 5.41 Å². The molecule has 0 amide bonds. The minimum absolute atomic E-state index is 0.00354. The van der Waals surface area contributed by atoms with Gasteiger partial charge >= 0.3 is 0 Å². The summed E-state index contributed by atoms with van der Waals surface area (Å²) in [5, 5.41) is -0.00354. The highest BCUT2D eigenvalue weighted by Gasteiger charge is 2.51. The summed E-state index contributed by atoms with van der Waals surface area (Å²) < 4.78 is 2.21. The molecule has 1 atom stereocenters. The van der Waals surface area contributed by atoms with E-state index in [-0.39, 0.29) is 10.8 Å². The van der Waals surface area contributed by atoms with Crippen molar-refractivity contribution in [2.24, 2.45) is 0 Å². The fourth-order valence-electron chi connectivity index (χ4n) is 2.75. The second-order valence-corrected chi connectivity index (χ2v) is 7.65. The van der Waals surface area contributed by atoms with Gasteiger partial charge < -0.3 is 0 Å². The van der Waals surface area contributed by atoms with Crippen LogP contribution in [0.5, 0.6) is 0 Å². The molecule has 1 unspecified atom stereocenters. The molecule has 0 spiro atoms. The fourth-order valence-corrected chi connectivity index (χ4v) is 4.45. The predicted molar refractivity (Wildman–Crippen MR) is 92.5 cm³/mol. The van der Waals surface area contributed by atoms with Crippen LogP contribution in [0.25, 0.3) is 0 Å². The zero-order chi connectivity index (χ0) is 14.3. The normalized spacial score (nSPS) is 17.8. The Morgan fingerprint density at radius 3 is 2.30 bits per heavy atom. The Morgan fingerprint density at radius 2 is 1.70 bits per heavy atom. The van der Waals surface area contributed by atoms with Gasteiger partial charge in [0, 0.05) is 14.4 Å². The number of benzene rings is 2. The quantitative estimate of drug-likeness (QED) is 0.501. The van der Waals surface area contributed by atoms with E-state index >= 15 is 0 Å². The second kappa shape index (κ2) is 5.47. The molecule has 1 saturated carbocycles. The number of rotatable bonds is 3. The summed E-state index contributed by atoms with van der Waals surface area (Å²) in [4.78, 5) is 0. The summed E-state index contributed by atoms with van der Waals surface area (Å²) in [7, 11) is 0. The third-order valence-electron chi connectivity index (χ3n) is 4.17. The zero-order valence-electron chi connectivity index (χ0n) is 11.2. The highest BCUT2D eigenvalue weighted by molar-refractivity contribution is 9.11. The van der Waals surface area contributed by atoms with Gasteiger partial charge in [-0.1, -0.05) is 62.2 Å². The molecule has 2 aromatic rings. The lowest BCUT2D eigenvalue weighted by atomic mass is 9.88. The summed E-state index contributed by atoms with van der Waals surface area (Å²) in [6.45, 7) is 2.09. The third kappa shape index (κ3) is 2.47. The SMILES string of the molecule is Cc1cc(Br)c(C(Cl)C2(c3ccccc3)CC2)cc1Br. The van der Waals surface area contributed by atoms with Crippen molar-refractivity contribution < 1.29 is 0 Å². The van der Waals surface area contributed by atoms with Crippen LogP contribution in [-0.4, -0.2) is 0 Å². The van der Waals surface area contributed by atoms with Gasteiger partial charge in [0.25, 0.3) is 0 Å². The monoisotopic (exact) mass is 412 g/mol. The Morgan fingerprint density at radius 1 is 1.05 bits per heavy atom. The number of hydrogen-bond donors (Lipinski definition) is 0. The van der Waals surface area contributed by atoms with Gasteiger partial charge in [-0.25, -0.2) is 0 Å². The van der Waals surface area contributed by atoms with E-state index in [1.165, 1.54) is 16.7 Å². The van der Waals surface area contributed by atoms with Gasteiger partial charge in [0.15, 0.2) is 0 Å². The third-order valence-corrected chi connectivity index (χ3v) is 6.37. The molecule has 104 valence electrons. The van der Waals surface area contributed by atoms with Crippen LogP contribution in [0.4, 0.5) is 0 Å².